The van der Waals surface area contributed by atoms with Crippen molar-refractivity contribution in [2.75, 3.05) is 35.0 Å². The van der Waals surface area contributed by atoms with Crippen molar-refractivity contribution in [1.29, 1.82) is 0 Å². The maximum Gasteiger partial charge on any atom is 0.235 e. The average molecular weight is 380 g/mol. The van der Waals surface area contributed by atoms with Crippen LogP contribution in [0.3, 0.4) is 0 Å². The normalized spacial score (nSPS) is 23.6. The van der Waals surface area contributed by atoms with Crippen molar-refractivity contribution in [1.82, 2.24) is 5.32 Å². The Labute approximate surface area is 156 Å². The molecule has 2 heterocycles. The molecule has 2 saturated heterocycles. The van der Waals surface area contributed by atoms with Crippen LogP contribution < -0.4 is 14.9 Å². The largest absolute Gasteiger partial charge is 0.326 e. The summed E-state index contributed by atoms with van der Waals surface area (Å²) in [6.07, 6.45) is 3.47. The molecule has 2 unspecified atom stereocenters. The molecule has 3 rings (SSSR count). The van der Waals surface area contributed by atoms with Crippen molar-refractivity contribution >= 4 is 27.3 Å². The second-order valence-corrected chi connectivity index (χ2v) is 9.59. The van der Waals surface area contributed by atoms with Crippen LogP contribution in [-0.2, 0) is 14.8 Å². The number of sulfonamides is 1. The minimum absolute atomic E-state index is 0.0119. The van der Waals surface area contributed by atoms with Gasteiger partial charge in [0.15, 0.2) is 0 Å². The number of carbonyl (C=O) groups excluding carboxylic acids is 1. The first-order valence-corrected chi connectivity index (χ1v) is 11.1. The van der Waals surface area contributed by atoms with Crippen LogP contribution in [0.1, 0.15) is 38.2 Å². The van der Waals surface area contributed by atoms with Gasteiger partial charge in [-0.3, -0.25) is 9.10 Å². The number of benzene rings is 1. The number of carbonyl (C=O) groups is 1. The predicted molar refractivity (Wildman–Crippen MR) is 105 cm³/mol. The van der Waals surface area contributed by atoms with E-state index in [1.807, 2.05) is 19.1 Å². The van der Waals surface area contributed by atoms with Gasteiger partial charge in [0.2, 0.25) is 15.9 Å². The molecule has 0 bridgehead atoms. The van der Waals surface area contributed by atoms with E-state index >= 15 is 0 Å². The van der Waals surface area contributed by atoms with Crippen molar-refractivity contribution in [3.63, 3.8) is 0 Å². The van der Waals surface area contributed by atoms with Gasteiger partial charge in [-0.1, -0.05) is 13.0 Å². The third kappa shape index (κ3) is 4.38. The second-order valence-electron chi connectivity index (χ2n) is 7.58. The standard InChI is InChI=1S/C19H29N3O3S/c1-14-6-7-17(12-18(14)22-9-4-10-26(22,24)25)21-19(23)11-15(2)16-5-3-8-20-13-16/h6-7,12,15-16,20H,3-5,8-11,13H2,1-2H3,(H,21,23). The molecule has 2 aliphatic heterocycles. The van der Waals surface area contributed by atoms with Gasteiger partial charge in [0.05, 0.1) is 11.4 Å². The van der Waals surface area contributed by atoms with Crippen LogP contribution in [0.15, 0.2) is 18.2 Å². The second kappa shape index (κ2) is 7.96. The number of aryl methyl sites for hydroxylation is 1. The summed E-state index contributed by atoms with van der Waals surface area (Å²) in [5, 5.41) is 6.35. The van der Waals surface area contributed by atoms with Gasteiger partial charge in [-0.05, 0) is 68.8 Å². The Morgan fingerprint density at radius 3 is 2.85 bits per heavy atom. The average Bonchev–Trinajstić information content (AvgIpc) is 2.96. The molecule has 1 amide bonds. The lowest BCUT2D eigenvalue weighted by atomic mass is 9.85. The molecule has 0 aromatic heterocycles. The molecule has 1 aromatic carbocycles. The summed E-state index contributed by atoms with van der Waals surface area (Å²) in [5.41, 5.74) is 2.23. The SMILES string of the molecule is Cc1ccc(NC(=O)CC(C)C2CCCNC2)cc1N1CCCS1(=O)=O. The number of amides is 1. The highest BCUT2D eigenvalue weighted by molar-refractivity contribution is 7.93. The first kappa shape index (κ1) is 19.2. The zero-order valence-corrected chi connectivity index (χ0v) is 16.4. The summed E-state index contributed by atoms with van der Waals surface area (Å²) in [6.45, 7) is 6.59. The minimum atomic E-state index is -3.23. The number of anilines is 2. The van der Waals surface area contributed by atoms with Crippen LogP contribution in [0.5, 0.6) is 0 Å². The molecular weight excluding hydrogens is 350 g/mol. The molecule has 0 radical (unpaired) electrons. The summed E-state index contributed by atoms with van der Waals surface area (Å²) < 4.78 is 25.9. The van der Waals surface area contributed by atoms with Gasteiger partial charge in [0, 0.05) is 18.7 Å². The van der Waals surface area contributed by atoms with Crippen LogP contribution in [0.25, 0.3) is 0 Å². The zero-order valence-electron chi connectivity index (χ0n) is 15.6. The van der Waals surface area contributed by atoms with E-state index in [4.69, 9.17) is 0 Å². The summed E-state index contributed by atoms with van der Waals surface area (Å²) in [7, 11) is -3.23. The molecule has 1 aromatic rings. The molecule has 2 atom stereocenters. The van der Waals surface area contributed by atoms with E-state index < -0.39 is 10.0 Å². The molecule has 2 fully saturated rings. The smallest absolute Gasteiger partial charge is 0.235 e. The van der Waals surface area contributed by atoms with Gasteiger partial charge in [0.1, 0.15) is 0 Å². The van der Waals surface area contributed by atoms with E-state index in [1.165, 1.54) is 17.1 Å². The highest BCUT2D eigenvalue weighted by atomic mass is 32.2. The van der Waals surface area contributed by atoms with Crippen molar-refractivity contribution in [3.8, 4) is 0 Å². The quantitative estimate of drug-likeness (QED) is 0.824. The van der Waals surface area contributed by atoms with Crippen LogP contribution in [-0.4, -0.2) is 39.7 Å². The first-order valence-electron chi connectivity index (χ1n) is 9.48. The Morgan fingerprint density at radius 2 is 2.19 bits per heavy atom. The van der Waals surface area contributed by atoms with Gasteiger partial charge in [-0.15, -0.1) is 0 Å². The number of hydrogen-bond acceptors (Lipinski definition) is 4. The number of nitrogens with zero attached hydrogens (tertiary/aromatic N) is 1. The molecular formula is C19H29N3O3S. The monoisotopic (exact) mass is 379 g/mol. The molecule has 144 valence electrons. The Morgan fingerprint density at radius 1 is 1.38 bits per heavy atom. The summed E-state index contributed by atoms with van der Waals surface area (Å²) in [4.78, 5) is 12.4. The maximum atomic E-state index is 12.4. The maximum absolute atomic E-state index is 12.4. The summed E-state index contributed by atoms with van der Waals surface area (Å²) >= 11 is 0. The minimum Gasteiger partial charge on any atom is -0.326 e. The lowest BCUT2D eigenvalue weighted by molar-refractivity contribution is -0.117. The van der Waals surface area contributed by atoms with Crippen LogP contribution in [0.4, 0.5) is 11.4 Å². The van der Waals surface area contributed by atoms with E-state index in [0.29, 0.717) is 42.6 Å². The third-order valence-electron chi connectivity index (χ3n) is 5.51. The first-order chi connectivity index (χ1) is 12.4. The van der Waals surface area contributed by atoms with E-state index in [1.54, 1.807) is 6.07 Å². The molecule has 6 nitrogen and oxygen atoms in total. The van der Waals surface area contributed by atoms with Crippen molar-refractivity contribution in [2.45, 2.75) is 39.5 Å². The molecule has 26 heavy (non-hydrogen) atoms. The van der Waals surface area contributed by atoms with Gasteiger partial charge in [0.25, 0.3) is 0 Å². The predicted octanol–water partition coefficient (Wildman–Crippen LogP) is 2.50. The van der Waals surface area contributed by atoms with Gasteiger partial charge in [-0.2, -0.15) is 0 Å². The van der Waals surface area contributed by atoms with Crippen molar-refractivity contribution in [3.05, 3.63) is 23.8 Å². The topological polar surface area (TPSA) is 78.5 Å². The fraction of sp³-hybridized carbons (Fsp3) is 0.632. The third-order valence-corrected chi connectivity index (χ3v) is 7.36. The van der Waals surface area contributed by atoms with Crippen molar-refractivity contribution < 1.29 is 13.2 Å². The fourth-order valence-electron chi connectivity index (χ4n) is 3.90. The van der Waals surface area contributed by atoms with E-state index in [2.05, 4.69) is 17.6 Å². The molecule has 2 aliphatic rings. The number of nitrogens with one attached hydrogen (secondary N) is 2. The van der Waals surface area contributed by atoms with Gasteiger partial charge in [-0.25, -0.2) is 8.42 Å². The lowest BCUT2D eigenvalue weighted by Gasteiger charge is -2.28. The van der Waals surface area contributed by atoms with E-state index in [-0.39, 0.29) is 11.7 Å². The van der Waals surface area contributed by atoms with E-state index in [9.17, 15) is 13.2 Å². The fourth-order valence-corrected chi connectivity index (χ4v) is 5.52. The lowest BCUT2D eigenvalue weighted by Crippen LogP contribution is -2.34. The summed E-state index contributed by atoms with van der Waals surface area (Å²) in [6, 6.07) is 5.49. The Hall–Kier alpha value is -1.60. The highest BCUT2D eigenvalue weighted by Gasteiger charge is 2.29. The Balaban J connectivity index is 1.66. The molecule has 0 spiro atoms. The highest BCUT2D eigenvalue weighted by Crippen LogP contribution is 2.30. The Bertz CT molecular complexity index is 757. The van der Waals surface area contributed by atoms with Crippen LogP contribution >= 0.6 is 0 Å². The van der Waals surface area contributed by atoms with Gasteiger partial charge >= 0.3 is 0 Å². The summed E-state index contributed by atoms with van der Waals surface area (Å²) in [5.74, 6) is 1.04. The van der Waals surface area contributed by atoms with Crippen LogP contribution in [0, 0.1) is 18.8 Å². The zero-order chi connectivity index (χ0) is 18.7. The van der Waals surface area contributed by atoms with E-state index in [0.717, 1.165) is 18.7 Å². The molecule has 2 N–H and O–H groups in total. The molecule has 7 heteroatoms. The molecule has 0 saturated carbocycles. The molecule has 0 aliphatic carbocycles. The number of piperidine rings is 1. The number of rotatable bonds is 5. The Kier molecular flexibility index (Phi) is 5.87. The van der Waals surface area contributed by atoms with Crippen LogP contribution in [0.2, 0.25) is 0 Å². The van der Waals surface area contributed by atoms with Crippen molar-refractivity contribution in [2.24, 2.45) is 11.8 Å². The van der Waals surface area contributed by atoms with Gasteiger partial charge < -0.3 is 10.6 Å². The number of hydrogen-bond donors (Lipinski definition) is 2.